The van der Waals surface area contributed by atoms with Crippen LogP contribution >= 0.6 is 11.3 Å². The molecule has 2 fully saturated rings. The lowest BCUT2D eigenvalue weighted by molar-refractivity contribution is -0.384. The van der Waals surface area contributed by atoms with Gasteiger partial charge in [-0.3, -0.25) is 10.1 Å². The number of likely N-dealkylation sites (tertiary alicyclic amines) is 2. The van der Waals surface area contributed by atoms with Crippen LogP contribution in [-0.2, 0) is 10.0 Å². The number of aromatic nitrogens is 1. The number of amidine groups is 1. The Morgan fingerprint density at radius 3 is 2.26 bits per heavy atom. The maximum atomic E-state index is 13.7. The Kier molecular flexibility index (Phi) is 7.79. The molecule has 224 valence electrons. The Hall–Kier alpha value is -4.07. The highest BCUT2D eigenvalue weighted by atomic mass is 32.2. The molecule has 0 radical (unpaired) electrons. The van der Waals surface area contributed by atoms with Crippen LogP contribution in [0.4, 0.5) is 5.69 Å². The van der Waals surface area contributed by atoms with Crippen LogP contribution < -0.4 is 9.47 Å². The van der Waals surface area contributed by atoms with Crippen LogP contribution in [0.2, 0.25) is 0 Å². The van der Waals surface area contributed by atoms with E-state index in [0.29, 0.717) is 17.3 Å². The van der Waals surface area contributed by atoms with Crippen molar-refractivity contribution >= 4 is 43.1 Å². The predicted molar refractivity (Wildman–Crippen MR) is 165 cm³/mol. The highest BCUT2D eigenvalue weighted by molar-refractivity contribution is 7.90. The van der Waals surface area contributed by atoms with Crippen LogP contribution in [0.3, 0.4) is 0 Å². The van der Waals surface area contributed by atoms with Crippen LogP contribution in [-0.4, -0.2) is 74.4 Å². The fraction of sp³-hybridized carbons (Fsp3) is 0.333. The molecule has 2 saturated heterocycles. The van der Waals surface area contributed by atoms with Crippen molar-refractivity contribution in [1.29, 1.82) is 0 Å². The molecule has 0 bridgehead atoms. The summed E-state index contributed by atoms with van der Waals surface area (Å²) >= 11 is 1.59. The first-order valence-electron chi connectivity index (χ1n) is 13.8. The van der Waals surface area contributed by atoms with E-state index in [9.17, 15) is 18.5 Å². The molecule has 2 atom stereocenters. The first kappa shape index (κ1) is 29.0. The van der Waals surface area contributed by atoms with Gasteiger partial charge in [-0.15, -0.1) is 15.7 Å². The summed E-state index contributed by atoms with van der Waals surface area (Å²) in [5.74, 6) is 1.10. The van der Waals surface area contributed by atoms with E-state index in [1.807, 2.05) is 36.4 Å². The highest BCUT2D eigenvalue weighted by Crippen LogP contribution is 2.52. The van der Waals surface area contributed by atoms with Gasteiger partial charge in [0.05, 0.1) is 46.2 Å². The van der Waals surface area contributed by atoms with E-state index in [2.05, 4.69) is 21.2 Å². The minimum absolute atomic E-state index is 0.0442. The molecule has 4 aromatic rings. The maximum absolute atomic E-state index is 13.7. The molecule has 0 spiro atoms. The number of nitrogens with zero attached hydrogens (tertiary/aromatic N) is 5. The van der Waals surface area contributed by atoms with Crippen molar-refractivity contribution < 1.29 is 22.8 Å². The van der Waals surface area contributed by atoms with Gasteiger partial charge in [0, 0.05) is 24.2 Å². The van der Waals surface area contributed by atoms with Crippen molar-refractivity contribution in [3.05, 3.63) is 87.4 Å². The van der Waals surface area contributed by atoms with Crippen molar-refractivity contribution in [2.24, 2.45) is 4.40 Å². The van der Waals surface area contributed by atoms with Crippen molar-refractivity contribution in [3.63, 3.8) is 0 Å². The molecule has 3 heterocycles. The van der Waals surface area contributed by atoms with Crippen LogP contribution in [0.1, 0.15) is 35.4 Å². The molecule has 1 aromatic heterocycles. The van der Waals surface area contributed by atoms with Crippen molar-refractivity contribution in [3.8, 4) is 11.5 Å². The summed E-state index contributed by atoms with van der Waals surface area (Å²) in [6.45, 7) is 1.74. The normalized spacial score (nSPS) is 20.7. The van der Waals surface area contributed by atoms with E-state index in [1.54, 1.807) is 31.6 Å². The number of non-ortho nitro benzene ring substituents is 1. The number of para-hydroxylation sites is 1. The first-order chi connectivity index (χ1) is 20.7. The third-order valence-corrected chi connectivity index (χ3v) is 10.5. The number of sulfonamides is 1. The van der Waals surface area contributed by atoms with Crippen LogP contribution in [0, 0.1) is 10.1 Å². The molecule has 0 amide bonds. The molecule has 43 heavy (non-hydrogen) atoms. The minimum Gasteiger partial charge on any atom is -0.497 e. The van der Waals surface area contributed by atoms with E-state index < -0.39 is 20.9 Å². The lowest BCUT2D eigenvalue weighted by atomic mass is 9.78. The number of methoxy groups -OCH3 is 2. The molecule has 13 heteroatoms. The van der Waals surface area contributed by atoms with Crippen molar-refractivity contribution in [1.82, 2.24) is 14.8 Å². The predicted octanol–water partition coefficient (Wildman–Crippen LogP) is 5.24. The molecule has 2 aliphatic rings. The summed E-state index contributed by atoms with van der Waals surface area (Å²) in [4.78, 5) is 19.9. The smallest absolute Gasteiger partial charge is 0.283 e. The number of hydrogen-bond donors (Lipinski definition) is 0. The molecule has 11 nitrogen and oxygen atoms in total. The van der Waals surface area contributed by atoms with Gasteiger partial charge in [0.15, 0.2) is 0 Å². The van der Waals surface area contributed by atoms with Crippen molar-refractivity contribution in [2.75, 3.05) is 34.4 Å². The Bertz CT molecular complexity index is 1740. The van der Waals surface area contributed by atoms with E-state index in [4.69, 9.17) is 14.5 Å². The SMILES string of the molecule is COc1cc(OC)cc(C2C(=NS(=O)(=O)c3ccc([N+](=O)[O-])cc3)N(C3CCN(C)CC3)C2c2nc3ccccc3s2)c1. The zero-order valence-corrected chi connectivity index (χ0v) is 25.5. The Labute approximate surface area is 253 Å². The van der Waals surface area contributed by atoms with Gasteiger partial charge in [0.2, 0.25) is 0 Å². The van der Waals surface area contributed by atoms with Gasteiger partial charge in [-0.1, -0.05) is 12.1 Å². The Morgan fingerprint density at radius 1 is 1.00 bits per heavy atom. The highest BCUT2D eigenvalue weighted by Gasteiger charge is 2.52. The molecule has 0 saturated carbocycles. The van der Waals surface area contributed by atoms with Gasteiger partial charge in [-0.2, -0.15) is 8.42 Å². The van der Waals surface area contributed by atoms with E-state index >= 15 is 0 Å². The monoisotopic (exact) mass is 621 g/mol. The molecule has 0 N–H and O–H groups in total. The quantitative estimate of drug-likeness (QED) is 0.192. The molecule has 3 aromatic carbocycles. The topological polar surface area (TPSA) is 127 Å². The average Bonchev–Trinajstić information content (AvgIpc) is 3.43. The molecule has 0 aliphatic carbocycles. The van der Waals surface area contributed by atoms with E-state index in [-0.39, 0.29) is 22.7 Å². The van der Waals surface area contributed by atoms with E-state index in [1.165, 1.54) is 24.3 Å². The summed E-state index contributed by atoms with van der Waals surface area (Å²) < 4.78 is 44.1. The number of nitro benzene ring substituents is 1. The number of ether oxygens (including phenoxy) is 2. The number of thiazole rings is 1. The molecular formula is C30H31N5O6S2. The van der Waals surface area contributed by atoms with Gasteiger partial charge in [-0.25, -0.2) is 4.98 Å². The first-order valence-corrected chi connectivity index (χ1v) is 16.1. The molecule has 2 aliphatic heterocycles. The van der Waals surface area contributed by atoms with E-state index in [0.717, 1.165) is 46.7 Å². The summed E-state index contributed by atoms with van der Waals surface area (Å²) in [5.41, 5.74) is 1.49. The van der Waals surface area contributed by atoms with Gasteiger partial charge in [0.1, 0.15) is 22.3 Å². The third-order valence-electron chi connectivity index (χ3n) is 8.10. The van der Waals surface area contributed by atoms with Gasteiger partial charge in [-0.05, 0) is 74.9 Å². The molecule has 2 unspecified atom stereocenters. The van der Waals surface area contributed by atoms with Crippen LogP contribution in [0.15, 0.2) is 76.0 Å². The summed E-state index contributed by atoms with van der Waals surface area (Å²) in [5, 5.41) is 12.0. The lowest BCUT2D eigenvalue weighted by Crippen LogP contribution is -2.60. The van der Waals surface area contributed by atoms with Gasteiger partial charge in [0.25, 0.3) is 15.7 Å². The number of fused-ring (bicyclic) bond motifs is 1. The number of piperidine rings is 1. The summed E-state index contributed by atoms with van der Waals surface area (Å²) in [7, 11) is 1.01. The van der Waals surface area contributed by atoms with Crippen molar-refractivity contribution in [2.45, 2.75) is 35.7 Å². The fourth-order valence-corrected chi connectivity index (χ4v) is 7.99. The number of hydrogen-bond acceptors (Lipinski definition) is 9. The second kappa shape index (κ2) is 11.5. The number of benzene rings is 3. The summed E-state index contributed by atoms with van der Waals surface area (Å²) in [6.07, 6.45) is 1.67. The number of nitro groups is 1. The Balaban J connectivity index is 1.52. The standard InChI is InChI=1S/C30H31N5O6S2/c1-33-14-12-20(13-15-33)34-28(30-31-25-6-4-5-7-26(25)42-30)27(19-16-22(40-2)18-23(17-19)41-3)29(34)32-43(38,39)24-10-8-21(9-11-24)35(36)37/h4-11,16-18,20,27-28H,12-15H2,1-3H3. The van der Waals surface area contributed by atoms with Gasteiger partial charge < -0.3 is 19.3 Å². The maximum Gasteiger partial charge on any atom is 0.283 e. The lowest BCUT2D eigenvalue weighted by Gasteiger charge is -2.54. The third kappa shape index (κ3) is 5.55. The van der Waals surface area contributed by atoms with Gasteiger partial charge >= 0.3 is 0 Å². The fourth-order valence-electron chi connectivity index (χ4n) is 5.85. The van der Waals surface area contributed by atoms with Crippen LogP contribution in [0.5, 0.6) is 11.5 Å². The zero-order chi connectivity index (χ0) is 30.3. The number of rotatable bonds is 8. The minimum atomic E-state index is -4.21. The largest absolute Gasteiger partial charge is 0.497 e. The second-order valence-corrected chi connectivity index (χ2v) is 13.4. The Morgan fingerprint density at radius 2 is 1.65 bits per heavy atom. The average molecular weight is 622 g/mol. The molecule has 6 rings (SSSR count). The molecular weight excluding hydrogens is 590 g/mol. The summed E-state index contributed by atoms with van der Waals surface area (Å²) in [6, 6.07) is 18.1. The second-order valence-electron chi connectivity index (χ2n) is 10.7. The van der Waals surface area contributed by atoms with Crippen LogP contribution in [0.25, 0.3) is 10.2 Å². The zero-order valence-electron chi connectivity index (χ0n) is 23.9.